The lowest BCUT2D eigenvalue weighted by molar-refractivity contribution is 0.00716. The van der Waals surface area contributed by atoms with Gasteiger partial charge in [-0.25, -0.2) is 0 Å². The number of rotatable bonds is 7. The number of ether oxygens (including phenoxy) is 1. The van der Waals surface area contributed by atoms with Gasteiger partial charge >= 0.3 is 8.56 Å². The lowest BCUT2D eigenvalue weighted by atomic mass is 10.4. The van der Waals surface area contributed by atoms with Crippen LogP contribution in [0.15, 0.2) is 0 Å². The highest BCUT2D eigenvalue weighted by Crippen LogP contribution is 2.35. The molecule has 0 unspecified atom stereocenters. The van der Waals surface area contributed by atoms with Crippen molar-refractivity contribution in [2.45, 2.75) is 38.8 Å². The fraction of sp³-hybridized carbons (Fsp3) is 1.00. The van der Waals surface area contributed by atoms with Crippen molar-refractivity contribution in [3.63, 3.8) is 0 Å². The first kappa shape index (κ1) is 12.2. The number of hydrogen-bond donors (Lipinski definition) is 0. The Labute approximate surface area is 88.0 Å². The lowest BCUT2D eigenvalue weighted by Crippen LogP contribution is -2.53. The Morgan fingerprint density at radius 2 is 1.71 bits per heavy atom. The average Bonchev–Trinajstić information content (AvgIpc) is 2.02. The topological polar surface area (TPSA) is 27.7 Å². The van der Waals surface area contributed by atoms with Crippen LogP contribution in [0.25, 0.3) is 0 Å². The summed E-state index contributed by atoms with van der Waals surface area (Å²) >= 11 is 0. The molecule has 0 aromatic rings. The standard InChI is InChI=1S/C10H22O3Si/c1-4-7-14(12-5-2,13-6-3)10-8-11-9-10/h10H,4-9H2,1-3H3. The van der Waals surface area contributed by atoms with Crippen molar-refractivity contribution >= 4 is 8.56 Å². The molecule has 0 saturated carbocycles. The van der Waals surface area contributed by atoms with Crippen molar-refractivity contribution in [3.05, 3.63) is 0 Å². The van der Waals surface area contributed by atoms with E-state index in [-0.39, 0.29) is 0 Å². The quantitative estimate of drug-likeness (QED) is 0.614. The summed E-state index contributed by atoms with van der Waals surface area (Å²) in [5, 5.41) is 0. The monoisotopic (exact) mass is 218 g/mol. The van der Waals surface area contributed by atoms with E-state index in [2.05, 4.69) is 20.8 Å². The molecule has 84 valence electrons. The van der Waals surface area contributed by atoms with Gasteiger partial charge in [-0.05, 0) is 19.9 Å². The van der Waals surface area contributed by atoms with Gasteiger partial charge in [0, 0.05) is 18.8 Å². The molecule has 0 radical (unpaired) electrons. The molecule has 0 bridgehead atoms. The van der Waals surface area contributed by atoms with Crippen molar-refractivity contribution in [1.29, 1.82) is 0 Å². The molecule has 1 heterocycles. The Bertz CT molecular complexity index is 142. The van der Waals surface area contributed by atoms with E-state index in [4.69, 9.17) is 13.6 Å². The van der Waals surface area contributed by atoms with Gasteiger partial charge in [0.15, 0.2) is 0 Å². The summed E-state index contributed by atoms with van der Waals surface area (Å²) in [4.78, 5) is 0. The second-order valence-corrected chi connectivity index (χ2v) is 7.18. The van der Waals surface area contributed by atoms with Gasteiger partial charge in [-0.1, -0.05) is 13.3 Å². The van der Waals surface area contributed by atoms with Crippen molar-refractivity contribution in [2.75, 3.05) is 26.4 Å². The highest BCUT2D eigenvalue weighted by atomic mass is 28.4. The second-order valence-electron chi connectivity index (χ2n) is 3.66. The third-order valence-electron chi connectivity index (χ3n) is 2.64. The van der Waals surface area contributed by atoms with Gasteiger partial charge in [-0.2, -0.15) is 0 Å². The molecule has 1 aliphatic rings. The van der Waals surface area contributed by atoms with E-state index in [0.717, 1.165) is 38.9 Å². The first-order valence-electron chi connectivity index (χ1n) is 5.64. The van der Waals surface area contributed by atoms with Gasteiger partial charge in [0.25, 0.3) is 0 Å². The molecule has 0 aliphatic carbocycles. The molecule has 0 aromatic carbocycles. The van der Waals surface area contributed by atoms with Gasteiger partial charge in [-0.15, -0.1) is 0 Å². The van der Waals surface area contributed by atoms with Crippen LogP contribution in [0.5, 0.6) is 0 Å². The van der Waals surface area contributed by atoms with Crippen LogP contribution in [0.2, 0.25) is 11.6 Å². The molecule has 1 rings (SSSR count). The zero-order chi connectivity index (χ0) is 10.4. The van der Waals surface area contributed by atoms with E-state index in [1.165, 1.54) is 0 Å². The van der Waals surface area contributed by atoms with Gasteiger partial charge in [0.1, 0.15) is 0 Å². The van der Waals surface area contributed by atoms with Crippen molar-refractivity contribution in [1.82, 2.24) is 0 Å². The fourth-order valence-electron chi connectivity index (χ4n) is 1.95. The van der Waals surface area contributed by atoms with Crippen LogP contribution in [0, 0.1) is 0 Å². The summed E-state index contributed by atoms with van der Waals surface area (Å²) < 4.78 is 17.2. The first-order chi connectivity index (χ1) is 6.79. The maximum atomic E-state index is 5.95. The maximum Gasteiger partial charge on any atom is 0.346 e. The predicted molar refractivity (Wildman–Crippen MR) is 58.7 cm³/mol. The highest BCUT2D eigenvalue weighted by molar-refractivity contribution is 6.69. The third kappa shape index (κ3) is 2.57. The normalized spacial score (nSPS) is 18.2. The maximum absolute atomic E-state index is 5.95. The van der Waals surface area contributed by atoms with Crippen LogP contribution in [-0.4, -0.2) is 35.0 Å². The third-order valence-corrected chi connectivity index (χ3v) is 6.96. The molecular weight excluding hydrogens is 196 g/mol. The van der Waals surface area contributed by atoms with E-state index < -0.39 is 8.56 Å². The van der Waals surface area contributed by atoms with Crippen molar-refractivity contribution < 1.29 is 13.6 Å². The minimum Gasteiger partial charge on any atom is -0.394 e. The van der Waals surface area contributed by atoms with Gasteiger partial charge in [0.05, 0.1) is 13.2 Å². The summed E-state index contributed by atoms with van der Waals surface area (Å²) in [5.41, 5.74) is 0.558. The molecule has 4 heteroatoms. The minimum atomic E-state index is -1.94. The van der Waals surface area contributed by atoms with E-state index in [9.17, 15) is 0 Å². The highest BCUT2D eigenvalue weighted by Gasteiger charge is 2.48. The molecule has 0 atom stereocenters. The zero-order valence-electron chi connectivity index (χ0n) is 9.54. The van der Waals surface area contributed by atoms with Crippen molar-refractivity contribution in [2.24, 2.45) is 0 Å². The van der Waals surface area contributed by atoms with Crippen LogP contribution >= 0.6 is 0 Å². The lowest BCUT2D eigenvalue weighted by Gasteiger charge is -2.41. The van der Waals surface area contributed by atoms with Crippen LogP contribution in [-0.2, 0) is 13.6 Å². The Hall–Kier alpha value is 0.0969. The van der Waals surface area contributed by atoms with Crippen LogP contribution in [0.3, 0.4) is 0 Å². The minimum absolute atomic E-state index is 0.558. The Kier molecular flexibility index (Phi) is 5.09. The first-order valence-corrected chi connectivity index (χ1v) is 7.74. The molecule has 1 aliphatic heterocycles. The van der Waals surface area contributed by atoms with E-state index in [1.807, 2.05) is 0 Å². The van der Waals surface area contributed by atoms with E-state index in [0.29, 0.717) is 5.54 Å². The van der Waals surface area contributed by atoms with Crippen molar-refractivity contribution in [3.8, 4) is 0 Å². The molecule has 14 heavy (non-hydrogen) atoms. The predicted octanol–water partition coefficient (Wildman–Crippen LogP) is 2.31. The fourth-order valence-corrected chi connectivity index (χ4v) is 5.62. The summed E-state index contributed by atoms with van der Waals surface area (Å²) in [6.07, 6.45) is 1.14. The van der Waals surface area contributed by atoms with E-state index >= 15 is 0 Å². The average molecular weight is 218 g/mol. The smallest absolute Gasteiger partial charge is 0.346 e. The van der Waals surface area contributed by atoms with E-state index in [1.54, 1.807) is 0 Å². The molecule has 3 nitrogen and oxygen atoms in total. The Balaban J connectivity index is 2.60. The summed E-state index contributed by atoms with van der Waals surface area (Å²) in [6.45, 7) is 9.51. The van der Waals surface area contributed by atoms with Crippen LogP contribution in [0.1, 0.15) is 27.2 Å². The number of hydrogen-bond acceptors (Lipinski definition) is 3. The zero-order valence-corrected chi connectivity index (χ0v) is 10.5. The molecule has 1 fully saturated rings. The largest absolute Gasteiger partial charge is 0.394 e. The van der Waals surface area contributed by atoms with Gasteiger partial charge in [0.2, 0.25) is 0 Å². The SMILES string of the molecule is CCC[Si](OCC)(OCC)C1COC1. The molecule has 0 aromatic heterocycles. The van der Waals surface area contributed by atoms with Gasteiger partial charge in [-0.3, -0.25) is 0 Å². The summed E-state index contributed by atoms with van der Waals surface area (Å²) in [5.74, 6) is 0. The summed E-state index contributed by atoms with van der Waals surface area (Å²) in [6, 6.07) is 1.10. The Morgan fingerprint density at radius 3 is 2.00 bits per heavy atom. The molecule has 1 saturated heterocycles. The molecule has 0 spiro atoms. The Morgan fingerprint density at radius 1 is 1.14 bits per heavy atom. The second kappa shape index (κ2) is 5.85. The molecule has 0 N–H and O–H groups in total. The van der Waals surface area contributed by atoms with Crippen LogP contribution in [0.4, 0.5) is 0 Å². The molecule has 0 amide bonds. The van der Waals surface area contributed by atoms with Gasteiger partial charge < -0.3 is 13.6 Å². The summed E-state index contributed by atoms with van der Waals surface area (Å²) in [7, 11) is -1.94. The molecular formula is C10H22O3Si. The van der Waals surface area contributed by atoms with Crippen LogP contribution < -0.4 is 0 Å².